The maximum Gasteiger partial charge on any atom is 0.424 e. The molecule has 536 valence electrons. The molecule has 108 heavy (non-hydrogen) atoms. The number of esters is 4. The zero-order valence-corrected chi connectivity index (χ0v) is 58.8. The van der Waals surface area contributed by atoms with Crippen LogP contribution < -0.4 is 9.47 Å². The van der Waals surface area contributed by atoms with Crippen LogP contribution in [0.25, 0.3) is 11.1 Å². The number of aliphatic hydroxyl groups excluding tert-OH is 1. The summed E-state index contributed by atoms with van der Waals surface area (Å²) in [5, 5.41) is 32.1. The van der Waals surface area contributed by atoms with Crippen molar-refractivity contribution < 1.29 is 86.2 Å². The summed E-state index contributed by atoms with van der Waals surface area (Å²) in [6.45, 7) is 0.475. The minimum absolute atomic E-state index is 0.0509. The highest BCUT2D eigenvalue weighted by atomic mass is 32.1. The third-order valence-corrected chi connectivity index (χ3v) is 20.4. The van der Waals surface area contributed by atoms with E-state index in [-0.39, 0.29) is 109 Å². The van der Waals surface area contributed by atoms with Crippen molar-refractivity contribution >= 4 is 109 Å². The first-order valence-corrected chi connectivity index (χ1v) is 35.1. The molecule has 5 amide bonds. The van der Waals surface area contributed by atoms with E-state index in [1.165, 1.54) is 26.0 Å². The van der Waals surface area contributed by atoms with E-state index < -0.39 is 106 Å². The number of fused-ring (bicyclic) bond motifs is 7. The number of hydrogen-bond donors (Lipinski definition) is 1. The summed E-state index contributed by atoms with van der Waals surface area (Å²) in [6.07, 6.45) is 1.71. The van der Waals surface area contributed by atoms with Gasteiger partial charge in [0.25, 0.3) is 17.7 Å². The van der Waals surface area contributed by atoms with Crippen LogP contribution >= 0.6 is 22.7 Å². The SMILES string of the molecule is CC1=C(C#N)C(O)N(C(=O)OCc2ccccc2)C(=O)/C1=N\c1cc2c(s1)C1=CC3C=C4C(=CC3C=C1C(C(=O)OCc1ccccc1)(C(=O)OCc1ccccc1)O2)c1sc(/N=C2/C(=O)N(C(=O)OCc3ccccc3)C(=O)C(C#N)=C2C)cc1OC4(C(=O)OCc1ccccc1)C(=O)OCc1ccccc1. The molecule has 2 aliphatic carbocycles. The second-order valence-electron chi connectivity index (χ2n) is 25.1. The average Bonchev–Trinajstić information content (AvgIpc) is 1.27. The molecule has 4 aliphatic heterocycles. The van der Waals surface area contributed by atoms with E-state index in [4.69, 9.17) is 42.9 Å². The smallest absolute Gasteiger partial charge is 0.424 e. The van der Waals surface area contributed by atoms with E-state index in [1.54, 1.807) is 212 Å². The van der Waals surface area contributed by atoms with Crippen molar-refractivity contribution in [2.45, 2.75) is 70.9 Å². The molecule has 26 heteroatoms. The Balaban J connectivity index is 0.941. The first-order chi connectivity index (χ1) is 52.4. The van der Waals surface area contributed by atoms with Gasteiger partial charge in [-0.2, -0.15) is 15.4 Å². The summed E-state index contributed by atoms with van der Waals surface area (Å²) < 4.78 is 49.1. The van der Waals surface area contributed by atoms with Crippen molar-refractivity contribution in [3.05, 3.63) is 295 Å². The third-order valence-electron chi connectivity index (χ3n) is 18.3. The maximum atomic E-state index is 15.8. The number of aliphatic imine (C=N–C) groups is 2. The van der Waals surface area contributed by atoms with Crippen LogP contribution in [0.4, 0.5) is 19.6 Å². The van der Waals surface area contributed by atoms with Crippen LogP contribution in [0, 0.1) is 34.5 Å². The van der Waals surface area contributed by atoms with Crippen molar-refractivity contribution in [1.29, 1.82) is 10.5 Å². The lowest BCUT2D eigenvalue weighted by atomic mass is 9.68. The van der Waals surface area contributed by atoms with E-state index in [2.05, 4.69) is 4.99 Å². The highest BCUT2D eigenvalue weighted by Crippen LogP contribution is 2.59. The molecule has 0 radical (unpaired) electrons. The fourth-order valence-electron chi connectivity index (χ4n) is 12.8. The highest BCUT2D eigenvalue weighted by Gasteiger charge is 2.63. The van der Waals surface area contributed by atoms with Crippen LogP contribution in [-0.2, 0) is 102 Å². The summed E-state index contributed by atoms with van der Waals surface area (Å²) in [5.74, 6) is -11.0. The second kappa shape index (κ2) is 30.3. The number of amides is 5. The number of ether oxygens (including phenoxy) is 8. The maximum absolute atomic E-state index is 15.8. The Bertz CT molecular complexity index is 5290. The van der Waals surface area contributed by atoms with E-state index in [0.29, 0.717) is 38.3 Å². The van der Waals surface area contributed by atoms with Gasteiger partial charge in [-0.05, 0) is 52.8 Å². The van der Waals surface area contributed by atoms with Crippen molar-refractivity contribution in [2.75, 3.05) is 0 Å². The summed E-state index contributed by atoms with van der Waals surface area (Å²) in [7, 11) is 0. The Morgan fingerprint density at radius 1 is 0.454 bits per heavy atom. The normalized spacial score (nSPS) is 18.6. The van der Waals surface area contributed by atoms with Crippen LogP contribution in [0.3, 0.4) is 0 Å². The Labute approximate surface area is 623 Å². The van der Waals surface area contributed by atoms with Gasteiger partial charge in [0.05, 0.1) is 21.4 Å². The van der Waals surface area contributed by atoms with E-state index in [9.17, 15) is 39.6 Å². The molecule has 1 N–H and O–H groups in total. The predicted octanol–water partition coefficient (Wildman–Crippen LogP) is 12.7. The fraction of sp³-hybridized carbons (Fsp3) is 0.159. The predicted molar refractivity (Wildman–Crippen MR) is 388 cm³/mol. The van der Waals surface area contributed by atoms with Gasteiger partial charge in [0.1, 0.15) is 84.2 Å². The molecular weight excluding hydrogens is 1420 g/mol. The highest BCUT2D eigenvalue weighted by molar-refractivity contribution is 7.17. The van der Waals surface area contributed by atoms with Crippen LogP contribution in [-0.4, -0.2) is 97.5 Å². The van der Waals surface area contributed by atoms with Gasteiger partial charge in [-0.1, -0.05) is 206 Å². The molecule has 2 aromatic heterocycles. The minimum atomic E-state index is -2.87. The summed E-state index contributed by atoms with van der Waals surface area (Å²) in [6, 6.07) is 57.6. The molecule has 6 heterocycles. The lowest BCUT2D eigenvalue weighted by Crippen LogP contribution is -2.58. The molecule has 6 aliphatic rings. The number of thiophene rings is 2. The van der Waals surface area contributed by atoms with Crippen molar-refractivity contribution in [2.24, 2.45) is 21.8 Å². The standard InChI is InChI=1S/C82H58N6O18S2/c1-47-59(39-83)71(89)87(79(97)103-45-53-29-17-7-18-30-53)73(91)67(47)85-65-37-63-69(107-65)57-33-55-36-62-58(34-56(55)35-61(57)81(105-63,75(93)99-41-49-21-9-3-10-22-49)76(94)100-42-50-23-11-4-12-24-50)70-64(106-82(62,77(95)101-43-51-25-13-5-14-26-51)78(96)102-44-52-27-15-6-16-28-52)38-66(108-70)86-68-48(2)60(40-84)72(90)88(74(68)92)80(98)104-46-54-31-19-8-20-32-54/h3-38,55-56,71,89H,41-46H2,1-2H3/b85-67-,86-68+. The molecule has 3 unspecified atom stereocenters. The van der Waals surface area contributed by atoms with E-state index in [1.807, 2.05) is 6.07 Å². The van der Waals surface area contributed by atoms with Crippen LogP contribution in [0.5, 0.6) is 11.5 Å². The molecule has 3 atom stereocenters. The quantitative estimate of drug-likeness (QED) is 0.0361. The van der Waals surface area contributed by atoms with Gasteiger partial charge >= 0.3 is 47.3 Å². The Kier molecular flexibility index (Phi) is 20.0. The van der Waals surface area contributed by atoms with Crippen LogP contribution in [0.15, 0.2) is 262 Å². The van der Waals surface area contributed by atoms with Crippen molar-refractivity contribution in [1.82, 2.24) is 9.80 Å². The molecule has 24 nitrogen and oxygen atoms in total. The number of aliphatic hydroxyl groups is 1. The lowest BCUT2D eigenvalue weighted by molar-refractivity contribution is -0.179. The van der Waals surface area contributed by atoms with Crippen molar-refractivity contribution in [3.8, 4) is 23.6 Å². The largest absolute Gasteiger partial charge is 0.458 e. The zero-order chi connectivity index (χ0) is 75.4. The van der Waals surface area contributed by atoms with Gasteiger partial charge in [-0.25, -0.2) is 43.7 Å². The number of allylic oxidation sites excluding steroid dienone is 4. The molecule has 0 bridgehead atoms. The van der Waals surface area contributed by atoms with Crippen molar-refractivity contribution in [3.63, 3.8) is 0 Å². The van der Waals surface area contributed by atoms with Gasteiger partial charge in [0.15, 0.2) is 6.23 Å². The second-order valence-corrected chi connectivity index (χ2v) is 27.2. The molecular formula is C82H58N6O18S2. The number of nitriles is 2. The number of benzene rings is 6. The zero-order valence-electron chi connectivity index (χ0n) is 57.1. The number of imide groups is 4. The summed E-state index contributed by atoms with van der Waals surface area (Å²) in [5.41, 5.74) is -4.89. The number of hydrogen-bond acceptors (Lipinski definition) is 24. The average molecular weight is 1480 g/mol. The van der Waals surface area contributed by atoms with Crippen LogP contribution in [0.1, 0.15) is 57.0 Å². The molecule has 0 spiro atoms. The first kappa shape index (κ1) is 71.5. The Hall–Kier alpha value is -13.5. The molecule has 14 rings (SSSR count). The topological polar surface area (TPSA) is 326 Å². The monoisotopic (exact) mass is 1480 g/mol. The van der Waals surface area contributed by atoms with Gasteiger partial charge < -0.3 is 43.0 Å². The Morgan fingerprint density at radius 2 is 0.787 bits per heavy atom. The molecule has 8 aromatic rings. The minimum Gasteiger partial charge on any atom is -0.458 e. The number of carbonyl (C=O) groups excluding carboxylic acids is 9. The lowest BCUT2D eigenvalue weighted by Gasteiger charge is -2.42. The molecule has 6 aromatic carbocycles. The summed E-state index contributed by atoms with van der Waals surface area (Å²) in [4.78, 5) is 144. The number of nitrogens with zero attached hydrogens (tertiary/aromatic N) is 6. The van der Waals surface area contributed by atoms with Crippen LogP contribution in [0.2, 0.25) is 0 Å². The fourth-order valence-corrected chi connectivity index (χ4v) is 14.8. The molecule has 0 fully saturated rings. The Morgan fingerprint density at radius 3 is 1.13 bits per heavy atom. The molecule has 0 saturated heterocycles. The van der Waals surface area contributed by atoms with E-state index >= 15 is 19.2 Å². The first-order valence-electron chi connectivity index (χ1n) is 33.5. The van der Waals surface area contributed by atoms with Gasteiger partial charge in [-0.15, -0.1) is 22.7 Å². The van der Waals surface area contributed by atoms with Gasteiger partial charge in [0.2, 0.25) is 0 Å². The number of rotatable bonds is 18. The summed E-state index contributed by atoms with van der Waals surface area (Å²) >= 11 is 1.76. The van der Waals surface area contributed by atoms with E-state index in [0.717, 1.165) is 22.7 Å². The number of carbonyl (C=O) groups is 9. The van der Waals surface area contributed by atoms with Gasteiger partial charge in [-0.3, -0.25) is 14.4 Å². The molecule has 0 saturated carbocycles. The van der Waals surface area contributed by atoms with Gasteiger partial charge in [0, 0.05) is 51.8 Å². The third kappa shape index (κ3) is 13.6.